The Hall–Kier alpha value is -3.32. The number of carbonyl (C=O) groups is 2. The maximum atomic E-state index is 13.3. The highest BCUT2D eigenvalue weighted by Crippen LogP contribution is 2.42. The van der Waals surface area contributed by atoms with Crippen LogP contribution in [0.5, 0.6) is 11.5 Å². The molecule has 7 nitrogen and oxygen atoms in total. The number of benzene rings is 2. The Morgan fingerprint density at radius 3 is 2.29 bits per heavy atom. The molecule has 0 aromatic heterocycles. The largest absolute Gasteiger partial charge is 0.507 e. The molecule has 0 aliphatic carbocycles. The molecule has 1 amide bonds. The Labute approximate surface area is 201 Å². The number of ketones is 1. The minimum atomic E-state index is -0.740. The zero-order valence-corrected chi connectivity index (χ0v) is 20.8. The summed E-state index contributed by atoms with van der Waals surface area (Å²) in [4.78, 5) is 30.2. The van der Waals surface area contributed by atoms with Crippen LogP contribution in [0.2, 0.25) is 0 Å². The average molecular weight is 467 g/mol. The molecule has 0 spiro atoms. The maximum Gasteiger partial charge on any atom is 0.295 e. The van der Waals surface area contributed by atoms with Crippen molar-refractivity contribution in [3.05, 3.63) is 64.2 Å². The van der Waals surface area contributed by atoms with Gasteiger partial charge in [-0.2, -0.15) is 0 Å². The summed E-state index contributed by atoms with van der Waals surface area (Å²) in [7, 11) is 3.09. The van der Waals surface area contributed by atoms with Gasteiger partial charge in [0.1, 0.15) is 5.76 Å². The molecule has 1 atom stereocenters. The molecule has 1 aliphatic rings. The minimum absolute atomic E-state index is 0.0884. The molecule has 2 aromatic rings. The van der Waals surface area contributed by atoms with E-state index < -0.39 is 17.7 Å². The van der Waals surface area contributed by atoms with Gasteiger partial charge in [-0.3, -0.25) is 9.59 Å². The highest BCUT2D eigenvalue weighted by molar-refractivity contribution is 6.46. The molecule has 1 heterocycles. The van der Waals surface area contributed by atoms with E-state index in [1.165, 1.54) is 7.11 Å². The van der Waals surface area contributed by atoms with Crippen molar-refractivity contribution in [1.82, 2.24) is 9.80 Å². The second kappa shape index (κ2) is 10.7. The van der Waals surface area contributed by atoms with Crippen LogP contribution in [0.4, 0.5) is 0 Å². The first kappa shape index (κ1) is 25.3. The number of hydrogen-bond acceptors (Lipinski definition) is 6. The first-order valence-electron chi connectivity index (χ1n) is 11.6. The number of amides is 1. The minimum Gasteiger partial charge on any atom is -0.507 e. The fraction of sp³-hybridized carbons (Fsp3) is 0.407. The van der Waals surface area contributed by atoms with Crippen molar-refractivity contribution < 1.29 is 24.2 Å². The van der Waals surface area contributed by atoms with Gasteiger partial charge in [0.15, 0.2) is 11.5 Å². The summed E-state index contributed by atoms with van der Waals surface area (Å²) in [6.45, 7) is 10.6. The van der Waals surface area contributed by atoms with Gasteiger partial charge in [-0.15, -0.1) is 0 Å². The number of Topliss-reactive ketones (excluding diaryl/α,β-unsaturated/α-hetero) is 1. The topological polar surface area (TPSA) is 79.3 Å². The van der Waals surface area contributed by atoms with E-state index in [0.717, 1.165) is 24.2 Å². The molecule has 1 saturated heterocycles. The standard InChI is InChI=1S/C27H34N2O5/c1-7-28(8-2)13-14-29-24(19-11-12-21(33-5)22(16-19)34-6)23(26(31)27(29)32)25(30)20-15-17(3)9-10-18(20)4/h9-12,15-16,24,30H,7-8,13-14H2,1-6H3/b25-23+. The fourth-order valence-electron chi connectivity index (χ4n) is 4.41. The molecule has 1 N–H and O–H groups in total. The molecule has 3 rings (SSSR count). The lowest BCUT2D eigenvalue weighted by molar-refractivity contribution is -0.140. The molecule has 0 saturated carbocycles. The van der Waals surface area contributed by atoms with E-state index in [1.54, 1.807) is 30.2 Å². The number of carbonyl (C=O) groups excluding carboxylic acids is 2. The SMILES string of the molecule is CCN(CC)CCN1C(=O)C(=O)/C(=C(/O)c2cc(C)ccc2C)C1c1ccc(OC)c(OC)c1. The Morgan fingerprint density at radius 2 is 1.68 bits per heavy atom. The first-order chi connectivity index (χ1) is 16.3. The van der Waals surface area contributed by atoms with Gasteiger partial charge in [0.25, 0.3) is 11.7 Å². The van der Waals surface area contributed by atoms with Crippen LogP contribution in [0.25, 0.3) is 5.76 Å². The molecule has 34 heavy (non-hydrogen) atoms. The van der Waals surface area contributed by atoms with Crippen LogP contribution in [0.3, 0.4) is 0 Å². The second-order valence-electron chi connectivity index (χ2n) is 8.45. The van der Waals surface area contributed by atoms with E-state index >= 15 is 0 Å². The van der Waals surface area contributed by atoms with Crippen LogP contribution in [-0.2, 0) is 9.59 Å². The van der Waals surface area contributed by atoms with E-state index in [1.807, 2.05) is 32.0 Å². The van der Waals surface area contributed by atoms with Gasteiger partial charge >= 0.3 is 0 Å². The Morgan fingerprint density at radius 1 is 1.00 bits per heavy atom. The normalized spacial score (nSPS) is 17.5. The van der Waals surface area contributed by atoms with E-state index in [0.29, 0.717) is 35.7 Å². The molecule has 1 unspecified atom stereocenters. The van der Waals surface area contributed by atoms with E-state index in [-0.39, 0.29) is 11.3 Å². The molecule has 2 aromatic carbocycles. The second-order valence-corrected chi connectivity index (χ2v) is 8.45. The Bertz CT molecular complexity index is 1100. The zero-order valence-electron chi connectivity index (χ0n) is 20.8. The average Bonchev–Trinajstić information content (AvgIpc) is 3.10. The van der Waals surface area contributed by atoms with Gasteiger partial charge in [0.2, 0.25) is 0 Å². The van der Waals surface area contributed by atoms with Crippen molar-refractivity contribution in [2.75, 3.05) is 40.4 Å². The molecule has 1 aliphatic heterocycles. The maximum absolute atomic E-state index is 13.3. The van der Waals surface area contributed by atoms with Gasteiger partial charge in [0, 0.05) is 18.7 Å². The summed E-state index contributed by atoms with van der Waals surface area (Å²) in [5, 5.41) is 11.4. The molecular formula is C27H34N2O5. The molecule has 7 heteroatoms. The molecule has 0 radical (unpaired) electrons. The van der Waals surface area contributed by atoms with Crippen molar-refractivity contribution in [2.24, 2.45) is 0 Å². The Kier molecular flexibility index (Phi) is 7.99. The highest BCUT2D eigenvalue weighted by atomic mass is 16.5. The molecule has 0 bridgehead atoms. The van der Waals surface area contributed by atoms with Crippen LogP contribution in [0.1, 0.15) is 42.1 Å². The van der Waals surface area contributed by atoms with Crippen LogP contribution in [0, 0.1) is 13.8 Å². The highest BCUT2D eigenvalue weighted by Gasteiger charge is 2.46. The summed E-state index contributed by atoms with van der Waals surface area (Å²) < 4.78 is 10.8. The summed E-state index contributed by atoms with van der Waals surface area (Å²) in [6, 6.07) is 10.2. The summed E-state index contributed by atoms with van der Waals surface area (Å²) in [5.74, 6) is -0.428. The molecule has 182 valence electrons. The molecular weight excluding hydrogens is 432 g/mol. The van der Waals surface area contributed by atoms with Gasteiger partial charge < -0.3 is 24.4 Å². The lowest BCUT2D eigenvalue weighted by Crippen LogP contribution is -2.38. The number of rotatable bonds is 9. The van der Waals surface area contributed by atoms with Gasteiger partial charge in [-0.05, 0) is 56.3 Å². The van der Waals surface area contributed by atoms with Crippen molar-refractivity contribution in [1.29, 1.82) is 0 Å². The predicted molar refractivity (Wildman–Crippen MR) is 132 cm³/mol. The molecule has 1 fully saturated rings. The van der Waals surface area contributed by atoms with Gasteiger partial charge in [0.05, 0.1) is 25.8 Å². The smallest absolute Gasteiger partial charge is 0.295 e. The fourth-order valence-corrected chi connectivity index (χ4v) is 4.41. The van der Waals surface area contributed by atoms with Gasteiger partial charge in [-0.1, -0.05) is 37.6 Å². The monoisotopic (exact) mass is 466 g/mol. The zero-order chi connectivity index (χ0) is 25.0. The van der Waals surface area contributed by atoms with Crippen molar-refractivity contribution in [3.8, 4) is 11.5 Å². The third kappa shape index (κ3) is 4.80. The van der Waals surface area contributed by atoms with E-state index in [4.69, 9.17) is 9.47 Å². The lowest BCUT2D eigenvalue weighted by Gasteiger charge is -2.28. The summed E-state index contributed by atoms with van der Waals surface area (Å²) in [6.07, 6.45) is 0. The van der Waals surface area contributed by atoms with Crippen LogP contribution in [-0.4, -0.2) is 67.0 Å². The number of aliphatic hydroxyl groups is 1. The number of methoxy groups -OCH3 is 2. The Balaban J connectivity index is 2.19. The van der Waals surface area contributed by atoms with Crippen LogP contribution in [0.15, 0.2) is 42.0 Å². The van der Waals surface area contributed by atoms with E-state index in [9.17, 15) is 14.7 Å². The van der Waals surface area contributed by atoms with Crippen molar-refractivity contribution >= 4 is 17.4 Å². The van der Waals surface area contributed by atoms with Crippen LogP contribution < -0.4 is 9.47 Å². The number of hydrogen-bond donors (Lipinski definition) is 1. The third-order valence-electron chi connectivity index (χ3n) is 6.46. The van der Waals surface area contributed by atoms with Gasteiger partial charge in [-0.25, -0.2) is 0 Å². The number of ether oxygens (including phenoxy) is 2. The number of aliphatic hydroxyl groups excluding tert-OH is 1. The summed E-state index contributed by atoms with van der Waals surface area (Å²) in [5.41, 5.74) is 3.08. The van der Waals surface area contributed by atoms with Crippen molar-refractivity contribution in [2.45, 2.75) is 33.7 Å². The lowest BCUT2D eigenvalue weighted by atomic mass is 9.93. The summed E-state index contributed by atoms with van der Waals surface area (Å²) >= 11 is 0. The number of likely N-dealkylation sites (tertiary alicyclic amines) is 1. The van der Waals surface area contributed by atoms with E-state index in [2.05, 4.69) is 18.7 Å². The predicted octanol–water partition coefficient (Wildman–Crippen LogP) is 4.08. The van der Waals surface area contributed by atoms with Crippen molar-refractivity contribution in [3.63, 3.8) is 0 Å². The number of aryl methyl sites for hydroxylation is 2. The quantitative estimate of drug-likeness (QED) is 0.341. The number of likely N-dealkylation sites (N-methyl/N-ethyl adjacent to an activating group) is 1. The third-order valence-corrected chi connectivity index (χ3v) is 6.46. The number of nitrogens with zero attached hydrogens (tertiary/aromatic N) is 2. The first-order valence-corrected chi connectivity index (χ1v) is 11.6. The van der Waals surface area contributed by atoms with Crippen LogP contribution >= 0.6 is 0 Å².